The second-order valence-electron chi connectivity index (χ2n) is 5.76. The van der Waals surface area contributed by atoms with Gasteiger partial charge in [0.1, 0.15) is 5.82 Å². The van der Waals surface area contributed by atoms with Crippen LogP contribution < -0.4 is 5.32 Å². The Kier molecular flexibility index (Phi) is 5.48. The van der Waals surface area contributed by atoms with Crippen molar-refractivity contribution in [1.82, 2.24) is 14.8 Å². The number of anilines is 2. The molecule has 2 heterocycles. The van der Waals surface area contributed by atoms with E-state index < -0.39 is 0 Å². The zero-order valence-corrected chi connectivity index (χ0v) is 15.3. The summed E-state index contributed by atoms with van der Waals surface area (Å²) < 4.78 is 0.958. The number of nitrogens with zero attached hydrogens (tertiary/aromatic N) is 3. The maximum atomic E-state index is 12.7. The van der Waals surface area contributed by atoms with Gasteiger partial charge >= 0.3 is 0 Å². The van der Waals surface area contributed by atoms with Gasteiger partial charge in [0.2, 0.25) is 0 Å². The van der Waals surface area contributed by atoms with E-state index in [0.29, 0.717) is 11.4 Å². The van der Waals surface area contributed by atoms with Gasteiger partial charge in [-0.3, -0.25) is 4.79 Å². The molecule has 0 spiro atoms. The Bertz CT molecular complexity index is 714. The summed E-state index contributed by atoms with van der Waals surface area (Å²) in [6.07, 6.45) is 1.68. The first-order valence-corrected chi connectivity index (χ1v) is 8.96. The Morgan fingerprint density at radius 3 is 2.67 bits per heavy atom. The van der Waals surface area contributed by atoms with Crippen LogP contribution in [0.2, 0.25) is 0 Å². The minimum atomic E-state index is 0.0725. The number of nitrogens with one attached hydrogen (secondary N) is 1. The highest BCUT2D eigenvalue weighted by Gasteiger charge is 2.21. The molecule has 0 radical (unpaired) electrons. The van der Waals surface area contributed by atoms with E-state index in [-0.39, 0.29) is 5.91 Å². The molecule has 0 saturated carbocycles. The minimum absolute atomic E-state index is 0.0725. The average molecular weight is 389 g/mol. The summed E-state index contributed by atoms with van der Waals surface area (Å²) >= 11 is 3.51. The van der Waals surface area contributed by atoms with E-state index >= 15 is 0 Å². The van der Waals surface area contributed by atoms with E-state index in [2.05, 4.69) is 38.1 Å². The molecular formula is C18H21BrN4O. The lowest BCUT2D eigenvalue weighted by Crippen LogP contribution is -2.48. The normalized spacial score (nSPS) is 15.3. The van der Waals surface area contributed by atoms with Crippen molar-refractivity contribution in [3.63, 3.8) is 0 Å². The van der Waals surface area contributed by atoms with Crippen LogP contribution in [0, 0.1) is 0 Å². The van der Waals surface area contributed by atoms with Gasteiger partial charge in [-0.05, 0) is 46.7 Å². The van der Waals surface area contributed by atoms with E-state index in [0.717, 1.165) is 42.9 Å². The van der Waals surface area contributed by atoms with E-state index in [1.807, 2.05) is 35.2 Å². The minimum Gasteiger partial charge on any atom is -0.339 e. The fraction of sp³-hybridized carbons (Fsp3) is 0.333. The fourth-order valence-electron chi connectivity index (χ4n) is 2.78. The van der Waals surface area contributed by atoms with Gasteiger partial charge in [-0.15, -0.1) is 0 Å². The smallest absolute Gasteiger partial charge is 0.254 e. The Morgan fingerprint density at radius 1 is 1.21 bits per heavy atom. The van der Waals surface area contributed by atoms with Crippen molar-refractivity contribution in [2.75, 3.05) is 38.0 Å². The molecule has 1 aromatic carbocycles. The Hall–Kier alpha value is -1.92. The summed E-state index contributed by atoms with van der Waals surface area (Å²) in [6, 6.07) is 11.4. The van der Waals surface area contributed by atoms with Crippen molar-refractivity contribution in [3.05, 3.63) is 52.6 Å². The molecule has 1 aromatic heterocycles. The van der Waals surface area contributed by atoms with E-state index in [9.17, 15) is 4.79 Å². The number of carbonyl (C=O) groups excluding carboxylic acids is 1. The number of rotatable bonds is 4. The molecule has 1 aliphatic heterocycles. The van der Waals surface area contributed by atoms with Crippen LogP contribution in [0.25, 0.3) is 0 Å². The van der Waals surface area contributed by atoms with Gasteiger partial charge < -0.3 is 15.1 Å². The molecule has 0 unspecified atom stereocenters. The SMILES string of the molecule is CCN1CCN(C(=O)c2ccnc(Nc3ccccc3Br)c2)CC1. The van der Waals surface area contributed by atoms with Crippen LogP contribution in [-0.4, -0.2) is 53.4 Å². The number of hydrogen-bond acceptors (Lipinski definition) is 4. The predicted molar refractivity (Wildman–Crippen MR) is 99.7 cm³/mol. The predicted octanol–water partition coefficient (Wildman–Crippen LogP) is 3.37. The number of piperazine rings is 1. The number of benzene rings is 1. The zero-order valence-electron chi connectivity index (χ0n) is 13.7. The highest BCUT2D eigenvalue weighted by Crippen LogP contribution is 2.24. The van der Waals surface area contributed by atoms with Crippen LogP contribution in [0.5, 0.6) is 0 Å². The van der Waals surface area contributed by atoms with Crippen molar-refractivity contribution in [2.24, 2.45) is 0 Å². The number of carbonyl (C=O) groups is 1. The topological polar surface area (TPSA) is 48.5 Å². The molecule has 1 fully saturated rings. The van der Waals surface area contributed by atoms with Crippen molar-refractivity contribution in [1.29, 1.82) is 0 Å². The first-order valence-electron chi connectivity index (χ1n) is 8.16. The van der Waals surface area contributed by atoms with E-state index in [4.69, 9.17) is 0 Å². The monoisotopic (exact) mass is 388 g/mol. The van der Waals surface area contributed by atoms with Gasteiger partial charge in [0, 0.05) is 42.4 Å². The number of hydrogen-bond donors (Lipinski definition) is 1. The van der Waals surface area contributed by atoms with Crippen LogP contribution in [0.4, 0.5) is 11.5 Å². The molecule has 6 heteroatoms. The quantitative estimate of drug-likeness (QED) is 0.871. The maximum Gasteiger partial charge on any atom is 0.254 e. The van der Waals surface area contributed by atoms with Gasteiger partial charge in [0.15, 0.2) is 0 Å². The number of aromatic nitrogens is 1. The summed E-state index contributed by atoms with van der Waals surface area (Å²) in [7, 11) is 0. The van der Waals surface area contributed by atoms with Gasteiger partial charge in [-0.1, -0.05) is 19.1 Å². The first-order chi connectivity index (χ1) is 11.7. The maximum absolute atomic E-state index is 12.7. The molecule has 0 bridgehead atoms. The van der Waals surface area contributed by atoms with E-state index in [1.165, 1.54) is 0 Å². The number of halogens is 1. The molecule has 3 rings (SSSR count). The van der Waals surface area contributed by atoms with Crippen LogP contribution in [0.1, 0.15) is 17.3 Å². The Balaban J connectivity index is 1.71. The zero-order chi connectivity index (χ0) is 16.9. The molecule has 24 heavy (non-hydrogen) atoms. The summed E-state index contributed by atoms with van der Waals surface area (Å²) in [5.74, 6) is 0.739. The van der Waals surface area contributed by atoms with Crippen LogP contribution in [0.15, 0.2) is 47.1 Å². The third kappa shape index (κ3) is 3.94. The van der Waals surface area contributed by atoms with Gasteiger partial charge in [0.25, 0.3) is 5.91 Å². The number of pyridine rings is 1. The van der Waals surface area contributed by atoms with Crippen molar-refractivity contribution < 1.29 is 4.79 Å². The molecule has 1 saturated heterocycles. The molecule has 126 valence electrons. The lowest BCUT2D eigenvalue weighted by Gasteiger charge is -2.34. The fourth-order valence-corrected chi connectivity index (χ4v) is 3.17. The highest BCUT2D eigenvalue weighted by molar-refractivity contribution is 9.10. The second kappa shape index (κ2) is 7.77. The van der Waals surface area contributed by atoms with E-state index in [1.54, 1.807) is 12.3 Å². The Morgan fingerprint density at radius 2 is 1.96 bits per heavy atom. The number of para-hydroxylation sites is 1. The van der Waals surface area contributed by atoms with Crippen LogP contribution in [0.3, 0.4) is 0 Å². The van der Waals surface area contributed by atoms with Crippen LogP contribution >= 0.6 is 15.9 Å². The van der Waals surface area contributed by atoms with Crippen molar-refractivity contribution in [2.45, 2.75) is 6.92 Å². The number of amides is 1. The standard InChI is InChI=1S/C18H21BrN4O/c1-2-22-9-11-23(12-10-22)18(24)14-7-8-20-17(13-14)21-16-6-4-3-5-15(16)19/h3-8,13H,2,9-12H2,1H3,(H,20,21). The largest absolute Gasteiger partial charge is 0.339 e. The number of likely N-dealkylation sites (N-methyl/N-ethyl adjacent to an activating group) is 1. The molecule has 1 amide bonds. The highest BCUT2D eigenvalue weighted by atomic mass is 79.9. The summed E-state index contributed by atoms with van der Waals surface area (Å²) in [5, 5.41) is 3.25. The summed E-state index contributed by atoms with van der Waals surface area (Å²) in [4.78, 5) is 21.3. The van der Waals surface area contributed by atoms with Crippen molar-refractivity contribution >= 4 is 33.3 Å². The summed E-state index contributed by atoms with van der Waals surface area (Å²) in [6.45, 7) is 6.63. The lowest BCUT2D eigenvalue weighted by atomic mass is 10.2. The van der Waals surface area contributed by atoms with Gasteiger partial charge in [-0.2, -0.15) is 0 Å². The van der Waals surface area contributed by atoms with Gasteiger partial charge in [0.05, 0.1) is 5.69 Å². The molecule has 0 aliphatic carbocycles. The summed E-state index contributed by atoms with van der Waals surface area (Å²) in [5.41, 5.74) is 1.59. The van der Waals surface area contributed by atoms with Crippen molar-refractivity contribution in [3.8, 4) is 0 Å². The lowest BCUT2D eigenvalue weighted by molar-refractivity contribution is 0.0643. The van der Waals surface area contributed by atoms with Crippen LogP contribution in [-0.2, 0) is 0 Å². The molecule has 5 nitrogen and oxygen atoms in total. The Labute approximate surface area is 150 Å². The average Bonchev–Trinajstić information content (AvgIpc) is 2.63. The van der Waals surface area contributed by atoms with Gasteiger partial charge in [-0.25, -0.2) is 4.98 Å². The molecule has 1 aliphatic rings. The third-order valence-electron chi connectivity index (χ3n) is 4.25. The first kappa shape index (κ1) is 16.9. The molecule has 1 N–H and O–H groups in total. The second-order valence-corrected chi connectivity index (χ2v) is 6.62. The molecular weight excluding hydrogens is 368 g/mol. The molecule has 0 atom stereocenters. The third-order valence-corrected chi connectivity index (χ3v) is 4.94. The molecule has 2 aromatic rings.